The van der Waals surface area contributed by atoms with E-state index in [1.807, 2.05) is 70.1 Å². The highest BCUT2D eigenvalue weighted by atomic mass is 32.1. The van der Waals surface area contributed by atoms with Crippen molar-refractivity contribution in [2.45, 2.75) is 32.3 Å². The van der Waals surface area contributed by atoms with Crippen LogP contribution >= 0.6 is 45.3 Å². The van der Waals surface area contributed by atoms with Gasteiger partial charge in [0.2, 0.25) is 11.8 Å². The summed E-state index contributed by atoms with van der Waals surface area (Å²) in [5.41, 5.74) is 0. The predicted octanol–water partition coefficient (Wildman–Crippen LogP) is 6.99. The molecule has 5 aromatic heterocycles. The molecule has 46 heavy (non-hydrogen) atoms. The molecule has 0 spiro atoms. The quantitative estimate of drug-likeness (QED) is 0.0508. The zero-order valence-corrected chi connectivity index (χ0v) is 28.0. The van der Waals surface area contributed by atoms with Crippen LogP contribution in [0.5, 0.6) is 11.8 Å². The summed E-state index contributed by atoms with van der Waals surface area (Å²) in [6.07, 6.45) is -2.43. The molecule has 0 bridgehead atoms. The van der Waals surface area contributed by atoms with E-state index in [-0.39, 0.29) is 31.8 Å². The number of methoxy groups -OCH3 is 1. The van der Waals surface area contributed by atoms with Crippen molar-refractivity contribution in [2.24, 2.45) is 0 Å². The number of carbonyl (C=O) groups is 2. The first-order valence-electron chi connectivity index (χ1n) is 13.9. The van der Waals surface area contributed by atoms with Crippen LogP contribution in [0.4, 0.5) is 4.79 Å². The van der Waals surface area contributed by atoms with Gasteiger partial charge in [-0.05, 0) is 45.8 Å². The number of nitrogens with zero attached hydrogens (tertiary/aromatic N) is 3. The first-order chi connectivity index (χ1) is 22.6. The second kappa shape index (κ2) is 17.2. The Morgan fingerprint density at radius 2 is 1.30 bits per heavy atom. The summed E-state index contributed by atoms with van der Waals surface area (Å²) >= 11 is 6.26. The lowest BCUT2D eigenvalue weighted by atomic mass is 10.3. The van der Waals surface area contributed by atoms with Crippen molar-refractivity contribution in [3.05, 3.63) is 108 Å². The molecule has 0 aliphatic carbocycles. The number of thiophene rings is 4. The fraction of sp³-hybridized carbons (Fsp3) is 0.258. The highest BCUT2D eigenvalue weighted by molar-refractivity contribution is 7.10. The van der Waals surface area contributed by atoms with Crippen molar-refractivity contribution in [1.29, 1.82) is 0 Å². The number of aromatic nitrogens is 1. The molecule has 0 aliphatic heterocycles. The van der Waals surface area contributed by atoms with Crippen LogP contribution < -0.4 is 9.47 Å². The molecule has 15 heteroatoms. The fourth-order valence-corrected chi connectivity index (χ4v) is 7.10. The third-order valence-electron chi connectivity index (χ3n) is 6.30. The van der Waals surface area contributed by atoms with Crippen LogP contribution in [0.15, 0.2) is 88.3 Å². The van der Waals surface area contributed by atoms with Gasteiger partial charge in [-0.25, -0.2) is 4.79 Å². The van der Waals surface area contributed by atoms with Crippen LogP contribution in [0.1, 0.15) is 19.5 Å². The number of ether oxygens (including phenoxy) is 6. The predicted molar refractivity (Wildman–Crippen MR) is 175 cm³/mol. The Morgan fingerprint density at radius 1 is 0.761 bits per heavy atom. The third-order valence-corrected chi connectivity index (χ3v) is 9.74. The Balaban J connectivity index is 1.17. The number of rotatable bonds is 19. The van der Waals surface area contributed by atoms with Crippen molar-refractivity contribution in [3.63, 3.8) is 0 Å². The smallest absolute Gasteiger partial charge is 0.450 e. The molecule has 0 saturated carbocycles. The molecule has 0 N–H and O–H groups in total. The van der Waals surface area contributed by atoms with Gasteiger partial charge < -0.3 is 23.7 Å². The Bertz CT molecular complexity index is 1510. The van der Waals surface area contributed by atoms with Crippen LogP contribution in [0, 0.1) is 0 Å². The van der Waals surface area contributed by atoms with Crippen molar-refractivity contribution < 1.29 is 38.0 Å². The molecule has 0 saturated heterocycles. The van der Waals surface area contributed by atoms with Gasteiger partial charge in [0.1, 0.15) is 0 Å². The van der Waals surface area contributed by atoms with E-state index in [1.54, 1.807) is 73.3 Å². The molecule has 1 atom stereocenters. The normalized spacial score (nSPS) is 12.4. The second-order valence-electron chi connectivity index (χ2n) is 9.38. The lowest BCUT2D eigenvalue weighted by Gasteiger charge is -2.38. The molecule has 5 aromatic rings. The van der Waals surface area contributed by atoms with Crippen molar-refractivity contribution in [3.8, 4) is 11.8 Å². The van der Waals surface area contributed by atoms with Crippen LogP contribution in [0.25, 0.3) is 0 Å². The zero-order chi connectivity index (χ0) is 32.0. The minimum Gasteiger partial charge on any atom is -0.450 e. The van der Waals surface area contributed by atoms with Crippen LogP contribution in [0.2, 0.25) is 0 Å². The maximum absolute atomic E-state index is 12.9. The largest absolute Gasteiger partial charge is 0.450 e. The zero-order valence-electron chi connectivity index (χ0n) is 24.7. The van der Waals surface area contributed by atoms with E-state index in [2.05, 4.69) is 4.98 Å². The standard InChI is InChI=1S/C31H31N3O8S4/c1-37-31(41-21-35,34(19-26-9-5-15-45-26)20-27-10-6-16-46-27)42-29-12-2-11-28(32-29)39-22-38-23-40-30(36)33(17-24-7-3-13-43-24)18-25-8-4-14-44-25/h2-16,21H,17-20,22-23H2,1H3. The van der Waals surface area contributed by atoms with E-state index in [1.165, 1.54) is 7.11 Å². The Kier molecular flexibility index (Phi) is 12.5. The van der Waals surface area contributed by atoms with Gasteiger partial charge in [-0.2, -0.15) is 9.88 Å². The molecule has 0 aliphatic rings. The SMILES string of the molecule is COC(OC=O)(Oc1cccc(OCOCOC(=O)N(Cc2cccs2)Cc2cccs2)n1)N(Cc1cccs1)Cc1cccs1. The number of pyridine rings is 1. The van der Waals surface area contributed by atoms with Gasteiger partial charge in [-0.1, -0.05) is 30.3 Å². The summed E-state index contributed by atoms with van der Waals surface area (Å²) < 4.78 is 33.7. The van der Waals surface area contributed by atoms with E-state index < -0.39 is 12.2 Å². The van der Waals surface area contributed by atoms with Gasteiger partial charge in [-0.3, -0.25) is 14.4 Å². The third kappa shape index (κ3) is 9.59. The van der Waals surface area contributed by atoms with Crippen molar-refractivity contribution in [2.75, 3.05) is 20.7 Å². The molecule has 5 rings (SSSR count). The molecular weight excluding hydrogens is 671 g/mol. The molecule has 0 aromatic carbocycles. The highest BCUT2D eigenvalue weighted by Crippen LogP contribution is 2.30. The summed E-state index contributed by atoms with van der Waals surface area (Å²) in [6, 6.07) is 20.5. The van der Waals surface area contributed by atoms with Gasteiger partial charge in [-0.15, -0.1) is 45.3 Å². The van der Waals surface area contributed by atoms with Gasteiger partial charge >= 0.3 is 12.2 Å². The van der Waals surface area contributed by atoms with E-state index in [0.717, 1.165) is 19.5 Å². The number of amides is 1. The van der Waals surface area contributed by atoms with Gasteiger partial charge in [0, 0.05) is 51.8 Å². The molecule has 11 nitrogen and oxygen atoms in total. The Labute approximate surface area is 282 Å². The highest BCUT2D eigenvalue weighted by Gasteiger charge is 2.44. The topological polar surface area (TPSA) is 109 Å². The van der Waals surface area contributed by atoms with Gasteiger partial charge in [0.05, 0.1) is 13.1 Å². The summed E-state index contributed by atoms with van der Waals surface area (Å²) in [6.45, 7) is 1.31. The molecule has 1 unspecified atom stereocenters. The molecule has 5 heterocycles. The Morgan fingerprint density at radius 3 is 1.80 bits per heavy atom. The monoisotopic (exact) mass is 701 g/mol. The average Bonchev–Trinajstić information content (AvgIpc) is 3.90. The van der Waals surface area contributed by atoms with E-state index >= 15 is 0 Å². The minimum atomic E-state index is -1.93. The lowest BCUT2D eigenvalue weighted by Crippen LogP contribution is -2.56. The second-order valence-corrected chi connectivity index (χ2v) is 13.5. The number of hydrogen-bond acceptors (Lipinski definition) is 14. The first kappa shape index (κ1) is 33.5. The van der Waals surface area contributed by atoms with E-state index in [4.69, 9.17) is 28.4 Å². The van der Waals surface area contributed by atoms with Crippen molar-refractivity contribution >= 4 is 57.9 Å². The minimum absolute atomic E-state index is 0.0767. The lowest BCUT2D eigenvalue weighted by molar-refractivity contribution is -0.390. The number of carbonyl (C=O) groups excluding carboxylic acids is 2. The molecule has 1 amide bonds. The van der Waals surface area contributed by atoms with Crippen LogP contribution in [0.3, 0.4) is 0 Å². The molecule has 0 fully saturated rings. The summed E-state index contributed by atoms with van der Waals surface area (Å²) in [5, 5.41) is 7.86. The fourth-order valence-electron chi connectivity index (χ4n) is 4.22. The summed E-state index contributed by atoms with van der Waals surface area (Å²) in [5.74, 6) is 0.243. The average molecular weight is 702 g/mol. The van der Waals surface area contributed by atoms with Crippen molar-refractivity contribution in [1.82, 2.24) is 14.8 Å². The summed E-state index contributed by atoms with van der Waals surface area (Å²) in [7, 11) is 1.39. The van der Waals surface area contributed by atoms with Crippen LogP contribution in [-0.4, -0.2) is 54.1 Å². The van der Waals surface area contributed by atoms with Crippen LogP contribution in [-0.2, 0) is 49.9 Å². The Hall–Kier alpha value is -3.83. The maximum Gasteiger partial charge on any atom is 0.450 e. The van der Waals surface area contributed by atoms with Gasteiger partial charge in [0.15, 0.2) is 13.6 Å². The molecule has 0 radical (unpaired) electrons. The molecular formula is C31H31N3O8S4. The van der Waals surface area contributed by atoms with E-state index in [9.17, 15) is 9.59 Å². The first-order valence-corrected chi connectivity index (χ1v) is 17.4. The van der Waals surface area contributed by atoms with E-state index in [0.29, 0.717) is 26.2 Å². The number of hydrogen-bond donors (Lipinski definition) is 0. The molecule has 242 valence electrons. The maximum atomic E-state index is 12.9. The summed E-state index contributed by atoms with van der Waals surface area (Å²) in [4.78, 5) is 36.4. The van der Waals surface area contributed by atoms with Gasteiger partial charge in [0.25, 0.3) is 6.47 Å².